The van der Waals surface area contributed by atoms with Crippen LogP contribution in [0.2, 0.25) is 0 Å². The topological polar surface area (TPSA) is 104 Å². The molecular formula is C27H31N9. The number of aryl methyl sites for hydroxylation is 1. The highest BCUT2D eigenvalue weighted by molar-refractivity contribution is 5.59. The average Bonchev–Trinajstić information content (AvgIpc) is 2.88. The molecule has 5 rings (SSSR count). The third kappa shape index (κ3) is 5.81. The molecule has 9 nitrogen and oxygen atoms in total. The summed E-state index contributed by atoms with van der Waals surface area (Å²) in [5.41, 5.74) is 3.88. The first kappa shape index (κ1) is 23.8. The van der Waals surface area contributed by atoms with E-state index in [9.17, 15) is 0 Å². The monoisotopic (exact) mass is 481 g/mol. The molecule has 1 aliphatic heterocycles. The molecule has 4 heterocycles. The van der Waals surface area contributed by atoms with E-state index in [1.807, 2.05) is 25.1 Å². The van der Waals surface area contributed by atoms with Gasteiger partial charge in [-0.05, 0) is 62.7 Å². The number of pyridine rings is 1. The lowest BCUT2D eigenvalue weighted by Gasteiger charge is -2.39. The number of anilines is 4. The standard InChI is InChI=1S/C27H31N9/c1-18-5-4-6-23(31-18)26-29-13-11-24(34-26)33-25-12-14-30-27(35-25)32-22-9-7-21(8-10-22)17-36-19(2)15-28-16-20(36)3/h4-14,19-20,28H,15-17H2,1-3H3,(H2,29,30,32,33,34,35)/t19-,20-/m0/s1. The van der Waals surface area contributed by atoms with Gasteiger partial charge in [-0.3, -0.25) is 4.90 Å². The van der Waals surface area contributed by atoms with Gasteiger partial charge in [0.25, 0.3) is 0 Å². The van der Waals surface area contributed by atoms with Gasteiger partial charge in [0.15, 0.2) is 5.82 Å². The number of hydrogen-bond acceptors (Lipinski definition) is 9. The van der Waals surface area contributed by atoms with Gasteiger partial charge in [-0.25, -0.2) is 19.9 Å². The van der Waals surface area contributed by atoms with Crippen LogP contribution in [-0.4, -0.2) is 55.0 Å². The Morgan fingerprint density at radius 1 is 0.833 bits per heavy atom. The van der Waals surface area contributed by atoms with Crippen LogP contribution in [0.15, 0.2) is 67.0 Å². The van der Waals surface area contributed by atoms with E-state index in [0.29, 0.717) is 35.5 Å². The molecule has 184 valence electrons. The van der Waals surface area contributed by atoms with Gasteiger partial charge in [0.05, 0.1) is 0 Å². The third-order valence-corrected chi connectivity index (χ3v) is 6.27. The summed E-state index contributed by atoms with van der Waals surface area (Å²) in [6.45, 7) is 9.51. The van der Waals surface area contributed by atoms with E-state index in [2.05, 4.69) is 83.9 Å². The van der Waals surface area contributed by atoms with E-state index in [-0.39, 0.29) is 0 Å². The van der Waals surface area contributed by atoms with Gasteiger partial charge >= 0.3 is 0 Å². The lowest BCUT2D eigenvalue weighted by Crippen LogP contribution is -2.54. The fraction of sp³-hybridized carbons (Fsp3) is 0.296. The minimum atomic E-state index is 0.506. The molecule has 1 fully saturated rings. The Bertz CT molecular complexity index is 1300. The minimum absolute atomic E-state index is 0.506. The number of nitrogens with one attached hydrogen (secondary N) is 3. The normalized spacial score (nSPS) is 18.1. The summed E-state index contributed by atoms with van der Waals surface area (Å²) in [6, 6.07) is 18.9. The summed E-state index contributed by atoms with van der Waals surface area (Å²) in [4.78, 5) is 24.9. The van der Waals surface area contributed by atoms with Crippen molar-refractivity contribution in [3.8, 4) is 11.5 Å². The first-order chi connectivity index (χ1) is 17.5. The SMILES string of the molecule is Cc1cccc(-c2nccc(Nc3ccnc(Nc4ccc(CN5[C@@H](C)CNC[C@@H]5C)cc4)n3)n2)n1. The summed E-state index contributed by atoms with van der Waals surface area (Å²) in [5, 5.41) is 10.0. The van der Waals surface area contributed by atoms with Crippen molar-refractivity contribution in [2.24, 2.45) is 0 Å². The lowest BCUT2D eigenvalue weighted by molar-refractivity contribution is 0.109. The predicted molar refractivity (Wildman–Crippen MR) is 142 cm³/mol. The first-order valence-electron chi connectivity index (χ1n) is 12.2. The molecule has 0 saturated carbocycles. The average molecular weight is 482 g/mol. The fourth-order valence-corrected chi connectivity index (χ4v) is 4.35. The van der Waals surface area contributed by atoms with Crippen molar-refractivity contribution in [3.63, 3.8) is 0 Å². The minimum Gasteiger partial charge on any atom is -0.325 e. The maximum absolute atomic E-state index is 4.59. The molecule has 3 N–H and O–H groups in total. The number of benzene rings is 1. The summed E-state index contributed by atoms with van der Waals surface area (Å²) in [5.74, 6) is 2.33. The van der Waals surface area contributed by atoms with E-state index in [0.717, 1.165) is 36.7 Å². The number of piperazine rings is 1. The number of aromatic nitrogens is 5. The molecule has 4 aromatic rings. The maximum atomic E-state index is 4.59. The summed E-state index contributed by atoms with van der Waals surface area (Å²) in [7, 11) is 0. The van der Waals surface area contributed by atoms with Crippen molar-refractivity contribution >= 4 is 23.3 Å². The van der Waals surface area contributed by atoms with Gasteiger partial charge < -0.3 is 16.0 Å². The second-order valence-electron chi connectivity index (χ2n) is 9.17. The Kier molecular flexibility index (Phi) is 7.11. The number of nitrogens with zero attached hydrogens (tertiary/aromatic N) is 6. The Morgan fingerprint density at radius 3 is 2.31 bits per heavy atom. The molecule has 9 heteroatoms. The Hall–Kier alpha value is -3.95. The zero-order valence-corrected chi connectivity index (χ0v) is 20.8. The largest absolute Gasteiger partial charge is 0.325 e. The van der Waals surface area contributed by atoms with Crippen LogP contribution in [0.4, 0.5) is 23.3 Å². The maximum Gasteiger partial charge on any atom is 0.229 e. The molecule has 1 aliphatic rings. The highest BCUT2D eigenvalue weighted by atomic mass is 15.2. The van der Waals surface area contributed by atoms with Gasteiger partial charge in [0.1, 0.15) is 17.3 Å². The van der Waals surface area contributed by atoms with Crippen molar-refractivity contribution in [2.45, 2.75) is 39.4 Å². The van der Waals surface area contributed by atoms with Crippen LogP contribution >= 0.6 is 0 Å². The van der Waals surface area contributed by atoms with E-state index in [1.54, 1.807) is 24.5 Å². The Balaban J connectivity index is 1.24. The van der Waals surface area contributed by atoms with E-state index in [4.69, 9.17) is 0 Å². The molecule has 0 spiro atoms. The van der Waals surface area contributed by atoms with Crippen LogP contribution < -0.4 is 16.0 Å². The zero-order valence-electron chi connectivity index (χ0n) is 20.8. The van der Waals surface area contributed by atoms with Gasteiger partial charge in [-0.15, -0.1) is 0 Å². The molecule has 0 unspecified atom stereocenters. The van der Waals surface area contributed by atoms with Crippen molar-refractivity contribution in [3.05, 3.63) is 78.2 Å². The third-order valence-electron chi connectivity index (χ3n) is 6.27. The van der Waals surface area contributed by atoms with Crippen LogP contribution in [0.25, 0.3) is 11.5 Å². The predicted octanol–water partition coefficient (Wildman–Crippen LogP) is 4.31. The highest BCUT2D eigenvalue weighted by Crippen LogP contribution is 2.21. The molecule has 0 radical (unpaired) electrons. The van der Waals surface area contributed by atoms with Gasteiger partial charge in [-0.1, -0.05) is 18.2 Å². The van der Waals surface area contributed by atoms with E-state index < -0.39 is 0 Å². The fourth-order valence-electron chi connectivity index (χ4n) is 4.35. The molecule has 2 atom stereocenters. The second-order valence-corrected chi connectivity index (χ2v) is 9.17. The first-order valence-corrected chi connectivity index (χ1v) is 12.2. The van der Waals surface area contributed by atoms with Crippen molar-refractivity contribution in [1.82, 2.24) is 35.1 Å². The lowest BCUT2D eigenvalue weighted by atomic mass is 10.1. The van der Waals surface area contributed by atoms with Gasteiger partial charge in [0.2, 0.25) is 5.95 Å². The molecule has 36 heavy (non-hydrogen) atoms. The van der Waals surface area contributed by atoms with Crippen LogP contribution in [0.1, 0.15) is 25.1 Å². The van der Waals surface area contributed by atoms with Crippen molar-refractivity contribution in [2.75, 3.05) is 23.7 Å². The number of rotatable bonds is 7. The van der Waals surface area contributed by atoms with Crippen LogP contribution in [-0.2, 0) is 6.54 Å². The van der Waals surface area contributed by atoms with Crippen LogP contribution in [0.3, 0.4) is 0 Å². The molecular weight excluding hydrogens is 450 g/mol. The number of hydrogen-bond donors (Lipinski definition) is 3. The molecule has 0 bridgehead atoms. The van der Waals surface area contributed by atoms with Crippen LogP contribution in [0.5, 0.6) is 0 Å². The molecule has 1 saturated heterocycles. The Morgan fingerprint density at radius 2 is 1.56 bits per heavy atom. The van der Waals surface area contributed by atoms with Crippen molar-refractivity contribution in [1.29, 1.82) is 0 Å². The Labute approximate surface area is 211 Å². The second kappa shape index (κ2) is 10.8. The van der Waals surface area contributed by atoms with Crippen LogP contribution in [0, 0.1) is 6.92 Å². The summed E-state index contributed by atoms with van der Waals surface area (Å²) in [6.07, 6.45) is 3.42. The summed E-state index contributed by atoms with van der Waals surface area (Å²) < 4.78 is 0. The quantitative estimate of drug-likeness (QED) is 0.356. The van der Waals surface area contributed by atoms with E-state index >= 15 is 0 Å². The van der Waals surface area contributed by atoms with Crippen molar-refractivity contribution < 1.29 is 0 Å². The molecule has 1 aromatic carbocycles. The molecule has 0 aliphatic carbocycles. The zero-order chi connectivity index (χ0) is 24.9. The summed E-state index contributed by atoms with van der Waals surface area (Å²) >= 11 is 0. The highest BCUT2D eigenvalue weighted by Gasteiger charge is 2.24. The van der Waals surface area contributed by atoms with Gasteiger partial charge in [0, 0.05) is 55.5 Å². The van der Waals surface area contributed by atoms with Gasteiger partial charge in [-0.2, -0.15) is 4.98 Å². The van der Waals surface area contributed by atoms with E-state index in [1.165, 1.54) is 5.56 Å². The molecule has 0 amide bonds. The smallest absolute Gasteiger partial charge is 0.229 e. The molecule has 3 aromatic heterocycles.